The van der Waals surface area contributed by atoms with Gasteiger partial charge < -0.3 is 10.4 Å². The zero-order valence-electron chi connectivity index (χ0n) is 11.4. The van der Waals surface area contributed by atoms with Gasteiger partial charge in [-0.15, -0.1) is 0 Å². The predicted octanol–water partition coefficient (Wildman–Crippen LogP) is 2.99. The summed E-state index contributed by atoms with van der Waals surface area (Å²) in [5.74, 6) is 0.588. The van der Waals surface area contributed by atoms with Crippen LogP contribution < -0.4 is 5.32 Å². The molecule has 1 rings (SSSR count). The molecule has 0 bridgehead atoms. The molecule has 0 radical (unpaired) electrons. The van der Waals surface area contributed by atoms with E-state index in [1.165, 1.54) is 0 Å². The topological polar surface area (TPSA) is 32.3 Å². The normalized spacial score (nSPS) is 15.6. The van der Waals surface area contributed by atoms with Gasteiger partial charge in [-0.25, -0.2) is 0 Å². The van der Waals surface area contributed by atoms with Crippen LogP contribution in [0.2, 0.25) is 0 Å². The third-order valence-electron chi connectivity index (χ3n) is 3.45. The molecule has 0 aliphatic heterocycles. The monoisotopic (exact) mass is 235 g/mol. The fourth-order valence-electron chi connectivity index (χ4n) is 1.54. The Morgan fingerprint density at radius 2 is 1.71 bits per heavy atom. The Hall–Kier alpha value is -0.860. The smallest absolute Gasteiger partial charge is 0.0914 e. The summed E-state index contributed by atoms with van der Waals surface area (Å²) in [4.78, 5) is 0. The fraction of sp³-hybridized carbons (Fsp3) is 0.600. The van der Waals surface area contributed by atoms with E-state index in [1.807, 2.05) is 30.3 Å². The first-order chi connectivity index (χ1) is 7.91. The van der Waals surface area contributed by atoms with E-state index < -0.39 is 6.10 Å². The quantitative estimate of drug-likeness (QED) is 0.822. The van der Waals surface area contributed by atoms with E-state index in [0.717, 1.165) is 12.1 Å². The number of hydrogen-bond acceptors (Lipinski definition) is 2. The molecule has 0 amide bonds. The largest absolute Gasteiger partial charge is 0.387 e. The van der Waals surface area contributed by atoms with Crippen LogP contribution in [0.25, 0.3) is 0 Å². The van der Waals surface area contributed by atoms with E-state index in [4.69, 9.17) is 0 Å². The van der Waals surface area contributed by atoms with Crippen molar-refractivity contribution in [3.8, 4) is 0 Å². The summed E-state index contributed by atoms with van der Waals surface area (Å²) in [6, 6.07) is 9.79. The summed E-state index contributed by atoms with van der Waals surface area (Å²) >= 11 is 0. The molecule has 0 saturated carbocycles. The second kappa shape index (κ2) is 6.18. The SMILES string of the molecule is CC(CNCC(O)c1ccccc1)C(C)(C)C. The maximum absolute atomic E-state index is 9.97. The first-order valence-corrected chi connectivity index (χ1v) is 6.35. The Kier molecular flexibility index (Phi) is 5.16. The molecule has 96 valence electrons. The average Bonchev–Trinajstić information content (AvgIpc) is 2.28. The third kappa shape index (κ3) is 4.88. The first kappa shape index (κ1) is 14.2. The highest BCUT2D eigenvalue weighted by Crippen LogP contribution is 2.24. The molecular formula is C15H25NO. The highest BCUT2D eigenvalue weighted by molar-refractivity contribution is 5.17. The molecule has 17 heavy (non-hydrogen) atoms. The molecule has 0 fully saturated rings. The maximum Gasteiger partial charge on any atom is 0.0914 e. The van der Waals surface area contributed by atoms with Crippen LogP contribution in [0.1, 0.15) is 39.4 Å². The van der Waals surface area contributed by atoms with E-state index in [1.54, 1.807) is 0 Å². The van der Waals surface area contributed by atoms with Crippen LogP contribution in [0.5, 0.6) is 0 Å². The molecule has 2 heteroatoms. The number of benzene rings is 1. The van der Waals surface area contributed by atoms with E-state index in [0.29, 0.717) is 17.9 Å². The van der Waals surface area contributed by atoms with Crippen molar-refractivity contribution in [2.45, 2.75) is 33.8 Å². The lowest BCUT2D eigenvalue weighted by Crippen LogP contribution is -2.32. The number of aliphatic hydroxyl groups is 1. The van der Waals surface area contributed by atoms with Gasteiger partial charge in [-0.1, -0.05) is 58.0 Å². The van der Waals surface area contributed by atoms with Gasteiger partial charge in [0.05, 0.1) is 6.10 Å². The highest BCUT2D eigenvalue weighted by Gasteiger charge is 2.19. The van der Waals surface area contributed by atoms with Gasteiger partial charge in [-0.05, 0) is 23.4 Å². The lowest BCUT2D eigenvalue weighted by atomic mass is 9.82. The van der Waals surface area contributed by atoms with Crippen LogP contribution in [0.15, 0.2) is 30.3 Å². The lowest BCUT2D eigenvalue weighted by Gasteiger charge is -2.27. The molecule has 2 nitrogen and oxygen atoms in total. The summed E-state index contributed by atoms with van der Waals surface area (Å²) in [5, 5.41) is 13.3. The molecule has 0 aliphatic rings. The van der Waals surface area contributed by atoms with Crippen molar-refractivity contribution < 1.29 is 5.11 Å². The van der Waals surface area contributed by atoms with E-state index in [-0.39, 0.29) is 0 Å². The van der Waals surface area contributed by atoms with Crippen LogP contribution in [-0.2, 0) is 0 Å². The van der Waals surface area contributed by atoms with Crippen LogP contribution in [0.4, 0.5) is 0 Å². The molecule has 2 unspecified atom stereocenters. The fourth-order valence-corrected chi connectivity index (χ4v) is 1.54. The summed E-state index contributed by atoms with van der Waals surface area (Å²) in [7, 11) is 0. The molecule has 2 atom stereocenters. The predicted molar refractivity (Wildman–Crippen MR) is 72.9 cm³/mol. The van der Waals surface area contributed by atoms with Crippen molar-refractivity contribution in [3.05, 3.63) is 35.9 Å². The minimum atomic E-state index is -0.414. The molecule has 2 N–H and O–H groups in total. The maximum atomic E-state index is 9.97. The molecule has 0 spiro atoms. The summed E-state index contributed by atoms with van der Waals surface area (Å²) < 4.78 is 0. The summed E-state index contributed by atoms with van der Waals surface area (Å²) in [6.07, 6.45) is -0.414. The molecule has 0 saturated heterocycles. The Morgan fingerprint density at radius 1 is 1.12 bits per heavy atom. The molecule has 1 aromatic rings. The zero-order chi connectivity index (χ0) is 12.9. The van der Waals surface area contributed by atoms with Crippen molar-refractivity contribution >= 4 is 0 Å². The van der Waals surface area contributed by atoms with Crippen molar-refractivity contribution in [2.75, 3.05) is 13.1 Å². The second-order valence-corrected chi connectivity index (χ2v) is 5.85. The lowest BCUT2D eigenvalue weighted by molar-refractivity contribution is 0.166. The summed E-state index contributed by atoms with van der Waals surface area (Å²) in [5.41, 5.74) is 1.29. The van der Waals surface area contributed by atoms with Crippen molar-refractivity contribution in [1.29, 1.82) is 0 Å². The van der Waals surface area contributed by atoms with Crippen molar-refractivity contribution in [2.24, 2.45) is 11.3 Å². The molecular weight excluding hydrogens is 210 g/mol. The Morgan fingerprint density at radius 3 is 2.24 bits per heavy atom. The molecule has 0 aromatic heterocycles. The van der Waals surface area contributed by atoms with E-state index in [2.05, 4.69) is 33.0 Å². The Labute approximate surface area is 105 Å². The van der Waals surface area contributed by atoms with Gasteiger partial charge in [0.15, 0.2) is 0 Å². The molecule has 1 aromatic carbocycles. The second-order valence-electron chi connectivity index (χ2n) is 5.85. The van der Waals surface area contributed by atoms with Crippen LogP contribution in [0, 0.1) is 11.3 Å². The Balaban J connectivity index is 2.33. The first-order valence-electron chi connectivity index (χ1n) is 6.35. The van der Waals surface area contributed by atoms with E-state index >= 15 is 0 Å². The Bertz CT molecular complexity index is 315. The van der Waals surface area contributed by atoms with Gasteiger partial charge in [0, 0.05) is 6.54 Å². The van der Waals surface area contributed by atoms with Crippen LogP contribution in [0.3, 0.4) is 0 Å². The van der Waals surface area contributed by atoms with Gasteiger partial charge in [0.1, 0.15) is 0 Å². The standard InChI is InChI=1S/C15H25NO/c1-12(15(2,3)4)10-16-11-14(17)13-8-6-5-7-9-13/h5-9,12,14,16-17H,10-11H2,1-4H3. The number of aliphatic hydroxyl groups excluding tert-OH is 1. The third-order valence-corrected chi connectivity index (χ3v) is 3.45. The summed E-state index contributed by atoms with van der Waals surface area (Å²) in [6.45, 7) is 10.5. The number of hydrogen-bond donors (Lipinski definition) is 2. The van der Waals surface area contributed by atoms with Gasteiger partial charge in [-0.2, -0.15) is 0 Å². The van der Waals surface area contributed by atoms with Crippen LogP contribution in [-0.4, -0.2) is 18.2 Å². The van der Waals surface area contributed by atoms with Crippen molar-refractivity contribution in [3.63, 3.8) is 0 Å². The number of rotatable bonds is 5. The molecule has 0 heterocycles. The van der Waals surface area contributed by atoms with Crippen molar-refractivity contribution in [1.82, 2.24) is 5.32 Å². The average molecular weight is 235 g/mol. The molecule has 0 aliphatic carbocycles. The highest BCUT2D eigenvalue weighted by atomic mass is 16.3. The number of nitrogens with one attached hydrogen (secondary N) is 1. The van der Waals surface area contributed by atoms with Gasteiger partial charge >= 0.3 is 0 Å². The van der Waals surface area contributed by atoms with Crippen LogP contribution >= 0.6 is 0 Å². The van der Waals surface area contributed by atoms with Gasteiger partial charge in [0.25, 0.3) is 0 Å². The minimum Gasteiger partial charge on any atom is -0.387 e. The minimum absolute atomic E-state index is 0.310. The van der Waals surface area contributed by atoms with E-state index in [9.17, 15) is 5.11 Å². The zero-order valence-corrected chi connectivity index (χ0v) is 11.4. The van der Waals surface area contributed by atoms with Gasteiger partial charge in [-0.3, -0.25) is 0 Å². The van der Waals surface area contributed by atoms with Gasteiger partial charge in [0.2, 0.25) is 0 Å².